The molecule has 2 aliphatic carbocycles. The van der Waals surface area contributed by atoms with E-state index in [2.05, 4.69) is 22.8 Å². The van der Waals surface area contributed by atoms with Crippen LogP contribution in [0.1, 0.15) is 33.1 Å². The summed E-state index contributed by atoms with van der Waals surface area (Å²) in [6, 6.07) is 0. The highest BCUT2D eigenvalue weighted by molar-refractivity contribution is 5.89. The molecule has 2 bridgehead atoms. The molecule has 0 aliphatic heterocycles. The van der Waals surface area contributed by atoms with Crippen molar-refractivity contribution in [3.05, 3.63) is 12.2 Å². The molecule has 0 heterocycles. The summed E-state index contributed by atoms with van der Waals surface area (Å²) >= 11 is 0. The van der Waals surface area contributed by atoms with Crippen molar-refractivity contribution in [1.29, 1.82) is 0 Å². The van der Waals surface area contributed by atoms with Gasteiger partial charge in [-0.05, 0) is 31.1 Å². The highest BCUT2D eigenvalue weighted by Gasteiger charge is 2.51. The Morgan fingerprint density at radius 3 is 1.74 bits per heavy atom. The van der Waals surface area contributed by atoms with E-state index in [1.165, 1.54) is 0 Å². The fraction of sp³-hybridized carbons (Fsp3) is 0.733. The summed E-state index contributed by atoms with van der Waals surface area (Å²) in [5.41, 5.74) is 0. The van der Waals surface area contributed by atoms with Gasteiger partial charge in [-0.25, -0.2) is 0 Å². The second kappa shape index (κ2) is 6.22. The van der Waals surface area contributed by atoms with Crippen molar-refractivity contribution in [3.63, 3.8) is 0 Å². The second-order valence-corrected chi connectivity index (χ2v) is 5.58. The first-order valence-electron chi connectivity index (χ1n) is 7.42. The molecule has 0 saturated heterocycles. The van der Waals surface area contributed by atoms with Gasteiger partial charge >= 0.3 is 0 Å². The molecule has 2 rings (SSSR count). The summed E-state index contributed by atoms with van der Waals surface area (Å²) in [6.45, 7) is 5.46. The number of fused-ring (bicyclic) bond motifs is 2. The fourth-order valence-electron chi connectivity index (χ4n) is 3.27. The summed E-state index contributed by atoms with van der Waals surface area (Å²) in [5.74, 6) is 0.265. The van der Waals surface area contributed by atoms with Gasteiger partial charge < -0.3 is 10.6 Å². The van der Waals surface area contributed by atoms with E-state index in [1.54, 1.807) is 0 Å². The number of hydrogen-bond donors (Lipinski definition) is 2. The van der Waals surface area contributed by atoms with E-state index in [9.17, 15) is 9.59 Å². The number of carbonyl (C=O) groups excluding carboxylic acids is 2. The lowest BCUT2D eigenvalue weighted by atomic mass is 9.81. The fourth-order valence-corrected chi connectivity index (χ4v) is 3.27. The number of nitrogens with one attached hydrogen (secondary N) is 2. The van der Waals surface area contributed by atoms with Crippen molar-refractivity contribution in [2.45, 2.75) is 33.1 Å². The molecule has 2 N–H and O–H groups in total. The summed E-state index contributed by atoms with van der Waals surface area (Å²) < 4.78 is 0. The monoisotopic (exact) mass is 264 g/mol. The molecule has 4 atom stereocenters. The Bertz CT molecular complexity index is 344. The van der Waals surface area contributed by atoms with Crippen LogP contribution >= 0.6 is 0 Å². The van der Waals surface area contributed by atoms with Crippen LogP contribution in [-0.2, 0) is 9.59 Å². The minimum atomic E-state index is -0.168. The van der Waals surface area contributed by atoms with E-state index in [4.69, 9.17) is 0 Å². The molecule has 1 fully saturated rings. The summed E-state index contributed by atoms with van der Waals surface area (Å²) in [6.07, 6.45) is 7.04. The molecule has 2 amide bonds. The van der Waals surface area contributed by atoms with Crippen molar-refractivity contribution in [3.8, 4) is 0 Å². The van der Waals surface area contributed by atoms with Crippen molar-refractivity contribution in [1.82, 2.24) is 10.6 Å². The first kappa shape index (κ1) is 14.1. The smallest absolute Gasteiger partial charge is 0.224 e. The Labute approximate surface area is 115 Å². The molecule has 0 unspecified atom stereocenters. The van der Waals surface area contributed by atoms with E-state index in [0.29, 0.717) is 13.1 Å². The zero-order valence-electron chi connectivity index (χ0n) is 11.8. The van der Waals surface area contributed by atoms with Crippen LogP contribution in [0, 0.1) is 23.7 Å². The van der Waals surface area contributed by atoms with Gasteiger partial charge in [-0.15, -0.1) is 0 Å². The van der Waals surface area contributed by atoms with Crippen molar-refractivity contribution >= 4 is 11.8 Å². The van der Waals surface area contributed by atoms with Crippen LogP contribution in [0.4, 0.5) is 0 Å². The maximum atomic E-state index is 12.3. The predicted molar refractivity (Wildman–Crippen MR) is 74.3 cm³/mol. The normalized spacial score (nSPS) is 31.5. The molecule has 4 heteroatoms. The van der Waals surface area contributed by atoms with Gasteiger partial charge in [0, 0.05) is 13.1 Å². The molecule has 0 aromatic rings. The average Bonchev–Trinajstić information content (AvgIpc) is 3.02. The third kappa shape index (κ3) is 2.82. The minimum absolute atomic E-state index is 0.0512. The SMILES string of the molecule is CCCNC(=O)[C@H]1[C@H](C(=O)NCCC)[C@H]2C=C[C@@H]1C2. The van der Waals surface area contributed by atoms with Crippen molar-refractivity contribution < 1.29 is 9.59 Å². The number of amides is 2. The van der Waals surface area contributed by atoms with Gasteiger partial charge in [0.15, 0.2) is 0 Å². The zero-order valence-corrected chi connectivity index (χ0v) is 11.8. The molecule has 19 heavy (non-hydrogen) atoms. The third-order valence-electron chi connectivity index (χ3n) is 4.16. The van der Waals surface area contributed by atoms with Gasteiger partial charge in [0.05, 0.1) is 11.8 Å². The van der Waals surface area contributed by atoms with Crippen molar-refractivity contribution in [2.75, 3.05) is 13.1 Å². The molecule has 2 aliphatic rings. The standard InChI is InChI=1S/C15H24N2O2/c1-3-7-16-14(18)12-10-5-6-11(9-10)13(12)15(19)17-8-4-2/h5-6,10-13H,3-4,7-9H2,1-2H3,(H,16,18)(H,17,19)/t10-,11+,12-,13-/m1/s1. The highest BCUT2D eigenvalue weighted by Crippen LogP contribution is 2.48. The number of hydrogen-bond acceptors (Lipinski definition) is 2. The molecule has 0 aromatic heterocycles. The quantitative estimate of drug-likeness (QED) is 0.714. The van der Waals surface area contributed by atoms with Gasteiger partial charge in [-0.2, -0.15) is 0 Å². The van der Waals surface area contributed by atoms with Crippen LogP contribution in [0.2, 0.25) is 0 Å². The second-order valence-electron chi connectivity index (χ2n) is 5.58. The molecule has 0 radical (unpaired) electrons. The van der Waals surface area contributed by atoms with Crippen LogP contribution in [-0.4, -0.2) is 24.9 Å². The highest BCUT2D eigenvalue weighted by atomic mass is 16.2. The topological polar surface area (TPSA) is 58.2 Å². The van der Waals surface area contributed by atoms with E-state index in [-0.39, 0.29) is 35.5 Å². The van der Waals surface area contributed by atoms with Gasteiger partial charge in [0.1, 0.15) is 0 Å². The first-order valence-corrected chi connectivity index (χ1v) is 7.42. The molecule has 0 aromatic carbocycles. The number of allylic oxidation sites excluding steroid dienone is 2. The first-order chi connectivity index (χ1) is 9.19. The van der Waals surface area contributed by atoms with E-state index < -0.39 is 0 Å². The molecular formula is C15H24N2O2. The summed E-state index contributed by atoms with van der Waals surface area (Å²) in [4.78, 5) is 24.5. The van der Waals surface area contributed by atoms with Crippen LogP contribution < -0.4 is 10.6 Å². The van der Waals surface area contributed by atoms with Gasteiger partial charge in [0.2, 0.25) is 11.8 Å². The number of rotatable bonds is 6. The van der Waals surface area contributed by atoms with Crippen LogP contribution in [0.5, 0.6) is 0 Å². The Hall–Kier alpha value is -1.32. The van der Waals surface area contributed by atoms with Gasteiger partial charge in [-0.1, -0.05) is 26.0 Å². The Morgan fingerprint density at radius 2 is 1.37 bits per heavy atom. The third-order valence-corrected chi connectivity index (χ3v) is 4.16. The molecule has 4 nitrogen and oxygen atoms in total. The maximum Gasteiger partial charge on any atom is 0.224 e. The van der Waals surface area contributed by atoms with E-state index in [0.717, 1.165) is 19.3 Å². The predicted octanol–water partition coefficient (Wildman–Crippen LogP) is 1.48. The van der Waals surface area contributed by atoms with Crippen LogP contribution in [0.25, 0.3) is 0 Å². The lowest BCUT2D eigenvalue weighted by Crippen LogP contribution is -2.44. The van der Waals surface area contributed by atoms with Crippen molar-refractivity contribution in [2.24, 2.45) is 23.7 Å². The lowest BCUT2D eigenvalue weighted by molar-refractivity contribution is -0.135. The van der Waals surface area contributed by atoms with Gasteiger partial charge in [0.25, 0.3) is 0 Å². The van der Waals surface area contributed by atoms with Crippen LogP contribution in [0.15, 0.2) is 12.2 Å². The Morgan fingerprint density at radius 1 is 0.947 bits per heavy atom. The largest absolute Gasteiger partial charge is 0.356 e. The number of carbonyl (C=O) groups is 2. The van der Waals surface area contributed by atoms with E-state index in [1.807, 2.05) is 13.8 Å². The lowest BCUT2D eigenvalue weighted by Gasteiger charge is -2.26. The molecular weight excluding hydrogens is 240 g/mol. The van der Waals surface area contributed by atoms with Crippen LogP contribution in [0.3, 0.4) is 0 Å². The Balaban J connectivity index is 2.04. The minimum Gasteiger partial charge on any atom is -0.356 e. The summed E-state index contributed by atoms with van der Waals surface area (Å²) in [5, 5.41) is 5.89. The molecule has 106 valence electrons. The molecule has 1 saturated carbocycles. The zero-order chi connectivity index (χ0) is 13.8. The average molecular weight is 264 g/mol. The maximum absolute atomic E-state index is 12.3. The van der Waals surface area contributed by atoms with E-state index >= 15 is 0 Å². The Kier molecular flexibility index (Phi) is 4.61. The summed E-state index contributed by atoms with van der Waals surface area (Å²) in [7, 11) is 0. The molecule has 0 spiro atoms. The van der Waals surface area contributed by atoms with Gasteiger partial charge in [-0.3, -0.25) is 9.59 Å².